The molecule has 1 N–H and O–H groups in total. The molecule has 0 aromatic heterocycles. The van der Waals surface area contributed by atoms with Crippen LogP contribution in [0.1, 0.15) is 72.1 Å². The van der Waals surface area contributed by atoms with E-state index in [2.05, 4.69) is 24.3 Å². The van der Waals surface area contributed by atoms with Gasteiger partial charge in [-0.2, -0.15) is 0 Å². The zero-order valence-electron chi connectivity index (χ0n) is 16.9. The molecule has 1 radical (unpaired) electrons. The molecule has 0 atom stereocenters. The number of para-hydroxylation sites is 1. The second kappa shape index (κ2) is 14.9. The molecule has 2 nitrogen and oxygen atoms in total. The van der Waals surface area contributed by atoms with E-state index in [-0.39, 0.29) is 0 Å². The molecule has 1 rings (SSSR count). The van der Waals surface area contributed by atoms with Gasteiger partial charge in [0.15, 0.2) is 0 Å². The van der Waals surface area contributed by atoms with Crippen LogP contribution in [0.4, 0.5) is 0 Å². The molecule has 3 heteroatoms. The third-order valence-electron chi connectivity index (χ3n) is 4.99. The molecule has 0 aliphatic rings. The van der Waals surface area contributed by atoms with Crippen molar-refractivity contribution >= 4 is 18.7 Å². The summed E-state index contributed by atoms with van der Waals surface area (Å²) < 4.78 is 14.5. The van der Waals surface area contributed by atoms with E-state index in [4.69, 9.17) is 4.74 Å². The van der Waals surface area contributed by atoms with E-state index < -0.39 is 18.7 Å². The van der Waals surface area contributed by atoms with E-state index in [0.717, 1.165) is 12.2 Å². The van der Waals surface area contributed by atoms with Crippen LogP contribution in [0.5, 0.6) is 5.75 Å². The Hall–Kier alpha value is -0.221. The van der Waals surface area contributed by atoms with Crippen LogP contribution in [0.15, 0.2) is 30.3 Å². The Morgan fingerprint density at radius 1 is 0.840 bits per heavy atom. The van der Waals surface area contributed by atoms with Crippen molar-refractivity contribution in [2.75, 3.05) is 6.54 Å². The van der Waals surface area contributed by atoms with Crippen molar-refractivity contribution in [3.8, 4) is 5.75 Å². The van der Waals surface area contributed by atoms with Crippen LogP contribution in [-0.4, -0.2) is 25.2 Å². The van der Waals surface area contributed by atoms with Gasteiger partial charge in [-0.3, -0.25) is 0 Å². The normalized spacial score (nSPS) is 11.6. The number of hydrogen-bond acceptors (Lipinski definition) is 2. The van der Waals surface area contributed by atoms with Gasteiger partial charge >= 0.3 is 162 Å². The molecule has 0 aliphatic heterocycles. The summed E-state index contributed by atoms with van der Waals surface area (Å²) in [7, 11) is 0. The fourth-order valence-electron chi connectivity index (χ4n) is 3.38. The minimum atomic E-state index is -2.13. The first kappa shape index (κ1) is 22.8. The number of benzene rings is 1. The van der Waals surface area contributed by atoms with Crippen LogP contribution < -0.4 is 8.28 Å². The van der Waals surface area contributed by atoms with Gasteiger partial charge in [-0.1, -0.05) is 0 Å². The summed E-state index contributed by atoms with van der Waals surface area (Å²) in [6, 6.07) is 10.1. The van der Waals surface area contributed by atoms with Crippen LogP contribution in [0.3, 0.4) is 0 Å². The Morgan fingerprint density at radius 2 is 1.40 bits per heavy atom. The number of unbranched alkanes of at least 4 members (excludes halogenated alkanes) is 4. The third kappa shape index (κ3) is 10.5. The van der Waals surface area contributed by atoms with Crippen LogP contribution in [0.25, 0.3) is 0 Å². The van der Waals surface area contributed by atoms with Gasteiger partial charge in [0.1, 0.15) is 0 Å². The maximum absolute atomic E-state index is 5.70. The quantitative estimate of drug-likeness (QED) is 0.216. The molecule has 0 spiro atoms. The Balaban J connectivity index is 2.35. The Labute approximate surface area is 161 Å². The number of hydrogen-bond donors (Lipinski definition) is 1. The SMILES string of the molecule is CCC[CH2][Sn]([CH2]CCC)([CH2]CCC)[NH]CCC[CH]Oc1ccccc1. The van der Waals surface area contributed by atoms with Crippen LogP contribution in [0.2, 0.25) is 13.3 Å². The van der Waals surface area contributed by atoms with Gasteiger partial charge in [0.05, 0.1) is 0 Å². The fraction of sp³-hybridized carbons (Fsp3) is 0.682. The van der Waals surface area contributed by atoms with Gasteiger partial charge in [0.25, 0.3) is 0 Å². The Kier molecular flexibility index (Phi) is 13.6. The first-order valence-electron chi connectivity index (χ1n) is 10.5. The predicted octanol–water partition coefficient (Wildman–Crippen LogP) is 6.94. The summed E-state index contributed by atoms with van der Waals surface area (Å²) >= 11 is -2.13. The fourth-order valence-corrected chi connectivity index (χ4v) is 17.9. The maximum atomic E-state index is 5.70. The van der Waals surface area contributed by atoms with Crippen LogP contribution in [-0.2, 0) is 0 Å². The number of rotatable bonds is 16. The van der Waals surface area contributed by atoms with Crippen molar-refractivity contribution in [1.82, 2.24) is 3.54 Å². The van der Waals surface area contributed by atoms with E-state index in [1.807, 2.05) is 36.9 Å². The van der Waals surface area contributed by atoms with Crippen molar-refractivity contribution in [1.29, 1.82) is 0 Å². The third-order valence-corrected chi connectivity index (χ3v) is 19.1. The standard InChI is InChI=1S/C10H13NO.3C4H9.Sn/c11-8-4-5-9-12-10-6-2-1-3-7-10;3*1-3-4-2;/h1-3,6-7,9,11H,4-5,8H2;3*1,3-4H2,2H3;/q-1;;;;+1. The number of nitrogens with one attached hydrogen (secondary N) is 1. The summed E-state index contributed by atoms with van der Waals surface area (Å²) in [4.78, 5) is 0. The first-order valence-corrected chi connectivity index (χ1v) is 18.0. The van der Waals surface area contributed by atoms with E-state index >= 15 is 0 Å². The summed E-state index contributed by atoms with van der Waals surface area (Å²) in [5.41, 5.74) is 0. The molecule has 0 heterocycles. The molecule has 1 aromatic carbocycles. The second-order valence-corrected chi connectivity index (χ2v) is 19.9. The van der Waals surface area contributed by atoms with Crippen molar-refractivity contribution in [2.24, 2.45) is 0 Å². The second-order valence-electron chi connectivity index (χ2n) is 7.26. The van der Waals surface area contributed by atoms with E-state index in [1.165, 1.54) is 64.8 Å². The molecule has 0 saturated heterocycles. The van der Waals surface area contributed by atoms with Crippen molar-refractivity contribution < 1.29 is 4.74 Å². The minimum absolute atomic E-state index is 0.942. The van der Waals surface area contributed by atoms with Crippen molar-refractivity contribution in [2.45, 2.75) is 85.4 Å². The molecule has 1 aromatic rings. The summed E-state index contributed by atoms with van der Waals surface area (Å²) in [6.07, 6.45) is 10.5. The summed E-state index contributed by atoms with van der Waals surface area (Å²) in [5.74, 6) is 0.942. The molecule has 0 saturated carbocycles. The molecule has 143 valence electrons. The van der Waals surface area contributed by atoms with Crippen LogP contribution >= 0.6 is 0 Å². The van der Waals surface area contributed by atoms with Gasteiger partial charge in [-0.25, -0.2) is 0 Å². The van der Waals surface area contributed by atoms with E-state index in [9.17, 15) is 0 Å². The molecule has 25 heavy (non-hydrogen) atoms. The zero-order valence-corrected chi connectivity index (χ0v) is 19.7. The van der Waals surface area contributed by atoms with Crippen LogP contribution in [0, 0.1) is 6.61 Å². The van der Waals surface area contributed by atoms with Gasteiger partial charge in [-0.15, -0.1) is 0 Å². The summed E-state index contributed by atoms with van der Waals surface area (Å²) in [6.45, 7) is 10.2. The molecule has 0 aliphatic carbocycles. The van der Waals surface area contributed by atoms with Crippen molar-refractivity contribution in [3.05, 3.63) is 36.9 Å². The van der Waals surface area contributed by atoms with Gasteiger partial charge in [0, 0.05) is 0 Å². The molecule has 0 unspecified atom stereocenters. The Bertz CT molecular complexity index is 388. The molecule has 0 amide bonds. The predicted molar refractivity (Wildman–Crippen MR) is 114 cm³/mol. The monoisotopic (exact) mass is 454 g/mol. The average Bonchev–Trinajstić information content (AvgIpc) is 2.66. The molecule has 0 fully saturated rings. The zero-order chi connectivity index (χ0) is 18.2. The molecule has 0 bridgehead atoms. The van der Waals surface area contributed by atoms with Gasteiger partial charge < -0.3 is 0 Å². The van der Waals surface area contributed by atoms with E-state index in [1.54, 1.807) is 0 Å². The van der Waals surface area contributed by atoms with Gasteiger partial charge in [0.2, 0.25) is 0 Å². The molecular formula is C22H40NOSn. The first-order chi connectivity index (χ1) is 12.3. The Morgan fingerprint density at radius 3 is 1.92 bits per heavy atom. The van der Waals surface area contributed by atoms with Crippen molar-refractivity contribution in [3.63, 3.8) is 0 Å². The number of ether oxygens (including phenoxy) is 1. The molecular weight excluding hydrogens is 413 g/mol. The van der Waals surface area contributed by atoms with E-state index in [0.29, 0.717) is 0 Å². The average molecular weight is 453 g/mol. The topological polar surface area (TPSA) is 21.3 Å². The summed E-state index contributed by atoms with van der Waals surface area (Å²) in [5, 5.41) is 0. The van der Waals surface area contributed by atoms with Gasteiger partial charge in [-0.05, 0) is 0 Å².